The fourth-order valence-electron chi connectivity index (χ4n) is 2.85. The number of pyridine rings is 2. The van der Waals surface area contributed by atoms with E-state index in [2.05, 4.69) is 15.3 Å². The number of hydrogen-bond donors (Lipinski definition) is 1. The maximum Gasteiger partial charge on any atom is 0.270 e. The van der Waals surface area contributed by atoms with Crippen LogP contribution in [0.2, 0.25) is 0 Å². The van der Waals surface area contributed by atoms with E-state index in [1.54, 1.807) is 30.3 Å². The highest BCUT2D eigenvalue weighted by Crippen LogP contribution is 2.26. The van der Waals surface area contributed by atoms with E-state index in [1.807, 2.05) is 0 Å². The monoisotopic (exact) mass is 383 g/mol. The summed E-state index contributed by atoms with van der Waals surface area (Å²) >= 11 is 0. The van der Waals surface area contributed by atoms with Crippen LogP contribution < -0.4 is 10.1 Å². The van der Waals surface area contributed by atoms with Gasteiger partial charge in [-0.05, 0) is 30.3 Å². The van der Waals surface area contributed by atoms with Crippen molar-refractivity contribution in [1.82, 2.24) is 15.3 Å². The van der Waals surface area contributed by atoms with Crippen LogP contribution in [0.4, 0.5) is 8.78 Å². The van der Waals surface area contributed by atoms with Gasteiger partial charge in [-0.15, -0.1) is 0 Å². The maximum atomic E-state index is 12.6. The van der Waals surface area contributed by atoms with E-state index < -0.39 is 6.43 Å². The minimum atomic E-state index is -2.58. The summed E-state index contributed by atoms with van der Waals surface area (Å²) in [4.78, 5) is 31.4. The summed E-state index contributed by atoms with van der Waals surface area (Å²) in [6, 6.07) is 10.9. The summed E-state index contributed by atoms with van der Waals surface area (Å²) in [5, 5.41) is 3.52. The molecule has 0 spiro atoms. The summed E-state index contributed by atoms with van der Waals surface area (Å²) in [6.45, 7) is 0. The third kappa shape index (κ3) is 3.80. The first-order valence-corrected chi connectivity index (χ1v) is 8.63. The molecule has 4 rings (SSSR count). The van der Waals surface area contributed by atoms with Gasteiger partial charge in [0.15, 0.2) is 0 Å². The van der Waals surface area contributed by atoms with Gasteiger partial charge < -0.3 is 10.1 Å². The zero-order valence-electron chi connectivity index (χ0n) is 14.6. The molecule has 1 aliphatic carbocycles. The molecule has 0 unspecified atom stereocenters. The molecule has 0 aliphatic heterocycles. The molecule has 1 amide bonds. The Bertz CT molecular complexity index is 1050. The van der Waals surface area contributed by atoms with Crippen LogP contribution in [0, 0.1) is 0 Å². The largest absolute Gasteiger partial charge is 0.439 e. The van der Waals surface area contributed by atoms with Crippen LogP contribution in [0.15, 0.2) is 48.7 Å². The molecule has 0 atom stereocenters. The first-order chi connectivity index (χ1) is 13.5. The summed E-state index contributed by atoms with van der Waals surface area (Å²) in [5.74, 6) is 0.491. The fourth-order valence-corrected chi connectivity index (χ4v) is 2.85. The number of amides is 1. The van der Waals surface area contributed by atoms with Crippen LogP contribution in [0.25, 0.3) is 10.9 Å². The van der Waals surface area contributed by atoms with E-state index in [4.69, 9.17) is 4.74 Å². The van der Waals surface area contributed by atoms with E-state index in [-0.39, 0.29) is 34.9 Å². The van der Waals surface area contributed by atoms with Gasteiger partial charge in [0.2, 0.25) is 5.88 Å². The number of ether oxygens (including phenoxy) is 1. The molecule has 1 aromatic carbocycles. The standard InChI is InChI=1S/C20H15F2N3O3/c21-19(22)12-2-6-18(23-10-12)28-15-3-5-16-11(7-15)1-4-17(25-16)20(27)24-13-8-14(26)9-13/h1-7,10,13,19H,8-9H2,(H,24,27). The van der Waals surface area contributed by atoms with Gasteiger partial charge in [-0.2, -0.15) is 0 Å². The summed E-state index contributed by atoms with van der Waals surface area (Å²) in [7, 11) is 0. The van der Waals surface area contributed by atoms with E-state index in [1.165, 1.54) is 12.1 Å². The fraction of sp³-hybridized carbons (Fsp3) is 0.200. The van der Waals surface area contributed by atoms with Gasteiger partial charge in [-0.3, -0.25) is 9.59 Å². The number of benzene rings is 1. The Labute approximate surface area is 158 Å². The third-order valence-electron chi connectivity index (χ3n) is 4.41. The third-order valence-corrected chi connectivity index (χ3v) is 4.41. The quantitative estimate of drug-likeness (QED) is 0.724. The molecular weight excluding hydrogens is 368 g/mol. The number of nitrogens with one attached hydrogen (secondary N) is 1. The molecule has 1 fully saturated rings. The summed E-state index contributed by atoms with van der Waals surface area (Å²) < 4.78 is 30.7. The van der Waals surface area contributed by atoms with Crippen molar-refractivity contribution < 1.29 is 23.1 Å². The normalized spacial score (nSPS) is 14.2. The average Bonchev–Trinajstić information content (AvgIpc) is 2.66. The minimum Gasteiger partial charge on any atom is -0.439 e. The summed E-state index contributed by atoms with van der Waals surface area (Å²) in [6.07, 6.45) is -0.772. The number of fused-ring (bicyclic) bond motifs is 1. The molecular formula is C20H15F2N3O3. The molecule has 8 heteroatoms. The van der Waals surface area contributed by atoms with Crippen molar-refractivity contribution in [2.75, 3.05) is 0 Å². The number of hydrogen-bond acceptors (Lipinski definition) is 5. The molecule has 2 aromatic heterocycles. The highest BCUT2D eigenvalue weighted by Gasteiger charge is 2.28. The average molecular weight is 383 g/mol. The van der Waals surface area contributed by atoms with Gasteiger partial charge in [0.25, 0.3) is 12.3 Å². The Balaban J connectivity index is 1.48. The van der Waals surface area contributed by atoms with Crippen LogP contribution in [0.1, 0.15) is 35.3 Å². The van der Waals surface area contributed by atoms with Crippen molar-refractivity contribution in [3.05, 3.63) is 59.9 Å². The van der Waals surface area contributed by atoms with Crippen molar-refractivity contribution in [2.45, 2.75) is 25.3 Å². The van der Waals surface area contributed by atoms with Crippen LogP contribution in [0.3, 0.4) is 0 Å². The van der Waals surface area contributed by atoms with Crippen molar-refractivity contribution in [3.8, 4) is 11.6 Å². The lowest BCUT2D eigenvalue weighted by Crippen LogP contribution is -2.44. The maximum absolute atomic E-state index is 12.6. The SMILES string of the molecule is O=C1CC(NC(=O)c2ccc3cc(Oc4ccc(C(F)F)cn4)ccc3n2)C1. The van der Waals surface area contributed by atoms with Gasteiger partial charge in [0.05, 0.1) is 5.52 Å². The van der Waals surface area contributed by atoms with Crippen molar-refractivity contribution >= 4 is 22.6 Å². The number of carbonyl (C=O) groups excluding carboxylic acids is 2. The van der Waals surface area contributed by atoms with Crippen LogP contribution in [-0.4, -0.2) is 27.7 Å². The molecule has 0 saturated heterocycles. The van der Waals surface area contributed by atoms with Crippen LogP contribution in [0.5, 0.6) is 11.6 Å². The molecule has 1 saturated carbocycles. The number of rotatable bonds is 5. The second kappa shape index (κ2) is 7.30. The lowest BCUT2D eigenvalue weighted by Gasteiger charge is -2.24. The van der Waals surface area contributed by atoms with Crippen LogP contribution >= 0.6 is 0 Å². The number of halogens is 2. The second-order valence-corrected chi connectivity index (χ2v) is 6.50. The number of ketones is 1. The Morgan fingerprint density at radius 3 is 2.64 bits per heavy atom. The predicted molar refractivity (Wildman–Crippen MR) is 96.5 cm³/mol. The van der Waals surface area contributed by atoms with Gasteiger partial charge in [-0.1, -0.05) is 6.07 Å². The van der Waals surface area contributed by atoms with Gasteiger partial charge in [0, 0.05) is 42.1 Å². The zero-order chi connectivity index (χ0) is 19.7. The first kappa shape index (κ1) is 18.0. The molecule has 28 heavy (non-hydrogen) atoms. The summed E-state index contributed by atoms with van der Waals surface area (Å²) in [5.41, 5.74) is 0.697. The first-order valence-electron chi connectivity index (χ1n) is 8.63. The molecule has 1 aliphatic rings. The van der Waals surface area contributed by atoms with Gasteiger partial charge in [-0.25, -0.2) is 18.7 Å². The predicted octanol–water partition coefficient (Wildman–Crippen LogP) is 3.82. The topological polar surface area (TPSA) is 81.2 Å². The Morgan fingerprint density at radius 2 is 1.96 bits per heavy atom. The van der Waals surface area contributed by atoms with Crippen LogP contribution in [-0.2, 0) is 4.79 Å². The van der Waals surface area contributed by atoms with E-state index in [0.29, 0.717) is 24.1 Å². The Morgan fingerprint density at radius 1 is 1.14 bits per heavy atom. The van der Waals surface area contributed by atoms with Crippen molar-refractivity contribution in [3.63, 3.8) is 0 Å². The van der Waals surface area contributed by atoms with Gasteiger partial charge >= 0.3 is 0 Å². The molecule has 6 nitrogen and oxygen atoms in total. The van der Waals surface area contributed by atoms with Gasteiger partial charge in [0.1, 0.15) is 17.2 Å². The number of alkyl halides is 2. The number of aromatic nitrogens is 2. The molecule has 3 aromatic rings. The van der Waals surface area contributed by atoms with Crippen molar-refractivity contribution in [1.29, 1.82) is 0 Å². The zero-order valence-corrected chi connectivity index (χ0v) is 14.6. The molecule has 1 N–H and O–H groups in total. The van der Waals surface area contributed by atoms with E-state index in [0.717, 1.165) is 11.6 Å². The molecule has 0 bridgehead atoms. The lowest BCUT2D eigenvalue weighted by atomic mass is 9.91. The van der Waals surface area contributed by atoms with E-state index >= 15 is 0 Å². The Hall–Kier alpha value is -3.42. The van der Waals surface area contributed by atoms with Crippen molar-refractivity contribution in [2.24, 2.45) is 0 Å². The Kier molecular flexibility index (Phi) is 4.68. The lowest BCUT2D eigenvalue weighted by molar-refractivity contribution is -0.124. The van der Waals surface area contributed by atoms with E-state index in [9.17, 15) is 18.4 Å². The molecule has 0 radical (unpaired) electrons. The second-order valence-electron chi connectivity index (χ2n) is 6.50. The highest BCUT2D eigenvalue weighted by atomic mass is 19.3. The number of Topliss-reactive ketones (excluding diaryl/α,β-unsaturated/α-hetero) is 1. The number of carbonyl (C=O) groups is 2. The molecule has 2 heterocycles. The highest BCUT2D eigenvalue weighted by molar-refractivity contribution is 5.97. The smallest absolute Gasteiger partial charge is 0.270 e. The molecule has 142 valence electrons. The number of nitrogens with zero attached hydrogens (tertiary/aromatic N) is 2. The minimum absolute atomic E-state index is 0.114.